The zero-order chi connectivity index (χ0) is 23.1. The minimum atomic E-state index is -1.01. The number of carbonyl (C=O) groups is 3. The van der Waals surface area contributed by atoms with Crippen molar-refractivity contribution in [2.24, 2.45) is 5.92 Å². The van der Waals surface area contributed by atoms with Crippen LogP contribution < -0.4 is 0 Å². The zero-order valence-electron chi connectivity index (χ0n) is 17.9. The van der Waals surface area contributed by atoms with Gasteiger partial charge >= 0.3 is 5.97 Å². The van der Waals surface area contributed by atoms with Crippen LogP contribution in [0.4, 0.5) is 0 Å². The molecule has 32 heavy (non-hydrogen) atoms. The molecule has 1 unspecified atom stereocenters. The molecule has 3 aromatic carbocycles. The Morgan fingerprint density at radius 1 is 0.781 bits per heavy atom. The number of hydrogen-bond donors (Lipinski definition) is 1. The number of carboxylic acids is 1. The molecule has 0 bridgehead atoms. The van der Waals surface area contributed by atoms with E-state index in [1.165, 1.54) is 0 Å². The molecule has 1 atom stereocenters. The molecule has 0 radical (unpaired) electrons. The fourth-order valence-electron chi connectivity index (χ4n) is 3.54. The van der Waals surface area contributed by atoms with Gasteiger partial charge in [0.1, 0.15) is 0 Å². The molecular weight excluding hydrogens is 424 g/mol. The van der Waals surface area contributed by atoms with E-state index in [1.54, 1.807) is 36.4 Å². The van der Waals surface area contributed by atoms with Crippen LogP contribution in [0.5, 0.6) is 0 Å². The Labute approximate surface area is 192 Å². The Bertz CT molecular complexity index is 1080. The largest absolute Gasteiger partial charge is 0.481 e. The number of halogens is 1. The van der Waals surface area contributed by atoms with E-state index >= 15 is 0 Å². The van der Waals surface area contributed by atoms with E-state index in [0.717, 1.165) is 16.7 Å². The highest BCUT2D eigenvalue weighted by molar-refractivity contribution is 6.30. The summed E-state index contributed by atoms with van der Waals surface area (Å²) in [7, 11) is 0. The second-order valence-corrected chi connectivity index (χ2v) is 8.36. The molecule has 0 aromatic heterocycles. The maximum atomic E-state index is 12.7. The van der Waals surface area contributed by atoms with Crippen LogP contribution in [0.1, 0.15) is 52.0 Å². The van der Waals surface area contributed by atoms with Crippen LogP contribution >= 0.6 is 11.6 Å². The third-order valence-electron chi connectivity index (χ3n) is 5.50. The van der Waals surface area contributed by atoms with Crippen molar-refractivity contribution >= 4 is 29.1 Å². The topological polar surface area (TPSA) is 71.4 Å². The molecular formula is C27H25ClO4. The van der Waals surface area contributed by atoms with Crippen molar-refractivity contribution in [3.05, 3.63) is 94.5 Å². The van der Waals surface area contributed by atoms with Crippen LogP contribution in [-0.2, 0) is 4.79 Å². The Morgan fingerprint density at radius 3 is 1.84 bits per heavy atom. The predicted octanol–water partition coefficient (Wildman–Crippen LogP) is 6.64. The number of ketones is 2. The van der Waals surface area contributed by atoms with Crippen molar-refractivity contribution in [2.75, 3.05) is 0 Å². The van der Waals surface area contributed by atoms with Crippen molar-refractivity contribution in [2.45, 2.75) is 32.6 Å². The van der Waals surface area contributed by atoms with Gasteiger partial charge in [0.15, 0.2) is 11.6 Å². The lowest BCUT2D eigenvalue weighted by molar-refractivity contribution is -0.141. The van der Waals surface area contributed by atoms with E-state index in [4.69, 9.17) is 11.6 Å². The molecule has 0 amide bonds. The third-order valence-corrected chi connectivity index (χ3v) is 5.75. The van der Waals surface area contributed by atoms with E-state index in [-0.39, 0.29) is 30.8 Å². The minimum Gasteiger partial charge on any atom is -0.481 e. The van der Waals surface area contributed by atoms with Gasteiger partial charge in [-0.15, -0.1) is 0 Å². The lowest BCUT2D eigenvalue weighted by Gasteiger charge is -2.12. The number of carbonyl (C=O) groups excluding carboxylic acids is 2. The lowest BCUT2D eigenvalue weighted by atomic mass is 9.92. The van der Waals surface area contributed by atoms with Crippen LogP contribution in [0.15, 0.2) is 72.8 Å². The molecule has 3 rings (SSSR count). The summed E-state index contributed by atoms with van der Waals surface area (Å²) < 4.78 is 0. The number of benzene rings is 3. The Morgan fingerprint density at radius 2 is 1.28 bits per heavy atom. The number of rotatable bonds is 10. The average Bonchev–Trinajstić information content (AvgIpc) is 2.79. The third kappa shape index (κ3) is 6.38. The van der Waals surface area contributed by atoms with Crippen LogP contribution in [-0.4, -0.2) is 22.6 Å². The molecule has 0 aliphatic carbocycles. The summed E-state index contributed by atoms with van der Waals surface area (Å²) in [6, 6.07) is 21.8. The summed E-state index contributed by atoms with van der Waals surface area (Å²) in [4.78, 5) is 36.6. The fraction of sp³-hybridized carbons (Fsp3) is 0.222. The highest BCUT2D eigenvalue weighted by atomic mass is 35.5. The van der Waals surface area contributed by atoms with Crippen molar-refractivity contribution in [1.82, 2.24) is 0 Å². The minimum absolute atomic E-state index is 0.0155. The smallest absolute Gasteiger partial charge is 0.306 e. The van der Waals surface area contributed by atoms with Crippen molar-refractivity contribution < 1.29 is 19.5 Å². The number of carboxylic acid groups (broad SMARTS) is 1. The van der Waals surface area contributed by atoms with Gasteiger partial charge in [-0.25, -0.2) is 0 Å². The van der Waals surface area contributed by atoms with Crippen LogP contribution in [0.2, 0.25) is 5.02 Å². The standard InChI is InChI=1S/C27H25ClO4/c1-18-5-7-21(8-6-18)25(29)4-2-3-23(27(31)32)17-26(30)22-11-9-19(10-12-22)20-13-15-24(28)16-14-20/h5-16,23H,2-4,17H2,1H3,(H,31,32). The van der Waals surface area contributed by atoms with Crippen LogP contribution in [0.3, 0.4) is 0 Å². The summed E-state index contributed by atoms with van der Waals surface area (Å²) in [5.74, 6) is -2.06. The van der Waals surface area contributed by atoms with E-state index in [2.05, 4.69) is 0 Å². The van der Waals surface area contributed by atoms with Gasteiger partial charge < -0.3 is 5.11 Å². The van der Waals surface area contributed by atoms with Gasteiger partial charge in [0, 0.05) is 29.0 Å². The quantitative estimate of drug-likeness (QED) is 0.353. The van der Waals surface area contributed by atoms with Gasteiger partial charge in [-0.1, -0.05) is 77.8 Å². The van der Waals surface area contributed by atoms with E-state index < -0.39 is 11.9 Å². The first-order chi connectivity index (χ1) is 15.3. The van der Waals surface area contributed by atoms with E-state index in [0.29, 0.717) is 22.6 Å². The second-order valence-electron chi connectivity index (χ2n) is 7.93. The molecule has 0 fully saturated rings. The number of hydrogen-bond acceptors (Lipinski definition) is 3. The summed E-state index contributed by atoms with van der Waals surface area (Å²) in [6.45, 7) is 1.95. The fourth-order valence-corrected chi connectivity index (χ4v) is 3.66. The molecule has 0 saturated carbocycles. The maximum Gasteiger partial charge on any atom is 0.306 e. The first-order valence-electron chi connectivity index (χ1n) is 10.6. The summed E-state index contributed by atoms with van der Waals surface area (Å²) >= 11 is 5.92. The molecule has 0 saturated heterocycles. The van der Waals surface area contributed by atoms with E-state index in [1.807, 2.05) is 43.3 Å². The van der Waals surface area contributed by atoms with E-state index in [9.17, 15) is 19.5 Å². The average molecular weight is 449 g/mol. The number of aryl methyl sites for hydroxylation is 1. The van der Waals surface area contributed by atoms with Gasteiger partial charge in [-0.3, -0.25) is 14.4 Å². The molecule has 5 heteroatoms. The first kappa shape index (κ1) is 23.4. The highest BCUT2D eigenvalue weighted by Gasteiger charge is 2.22. The van der Waals surface area contributed by atoms with Crippen LogP contribution in [0.25, 0.3) is 11.1 Å². The summed E-state index contributed by atoms with van der Waals surface area (Å²) in [6.07, 6.45) is 0.874. The van der Waals surface area contributed by atoms with Gasteiger partial charge in [-0.2, -0.15) is 0 Å². The second kappa shape index (κ2) is 10.9. The van der Waals surface area contributed by atoms with Crippen molar-refractivity contribution in [1.29, 1.82) is 0 Å². The predicted molar refractivity (Wildman–Crippen MR) is 126 cm³/mol. The molecule has 4 nitrogen and oxygen atoms in total. The lowest BCUT2D eigenvalue weighted by Crippen LogP contribution is -2.18. The monoisotopic (exact) mass is 448 g/mol. The Hall–Kier alpha value is -3.24. The first-order valence-corrected chi connectivity index (χ1v) is 10.9. The van der Waals surface area contributed by atoms with Crippen molar-refractivity contribution in [3.63, 3.8) is 0 Å². The molecule has 1 N–H and O–H groups in total. The van der Waals surface area contributed by atoms with Crippen LogP contribution in [0, 0.1) is 12.8 Å². The number of aliphatic carboxylic acids is 1. The summed E-state index contributed by atoms with van der Waals surface area (Å²) in [5.41, 5.74) is 4.11. The normalized spacial score (nSPS) is 11.7. The van der Waals surface area contributed by atoms with Gasteiger partial charge in [-0.05, 0) is 43.0 Å². The zero-order valence-corrected chi connectivity index (χ0v) is 18.6. The molecule has 0 heterocycles. The van der Waals surface area contributed by atoms with Gasteiger partial charge in [0.2, 0.25) is 0 Å². The molecule has 0 aliphatic rings. The Kier molecular flexibility index (Phi) is 7.96. The SMILES string of the molecule is Cc1ccc(C(=O)CCCC(CC(=O)c2ccc(-c3ccc(Cl)cc3)cc2)C(=O)O)cc1. The maximum absolute atomic E-state index is 12.7. The van der Waals surface area contributed by atoms with Gasteiger partial charge in [0.05, 0.1) is 5.92 Å². The molecule has 0 spiro atoms. The highest BCUT2D eigenvalue weighted by Crippen LogP contribution is 2.23. The number of Topliss-reactive ketones (excluding diaryl/α,β-unsaturated/α-hetero) is 2. The molecule has 3 aromatic rings. The Balaban J connectivity index is 1.56. The summed E-state index contributed by atoms with van der Waals surface area (Å²) in [5, 5.41) is 10.2. The molecule has 0 aliphatic heterocycles. The van der Waals surface area contributed by atoms with Crippen molar-refractivity contribution in [3.8, 4) is 11.1 Å². The molecule has 164 valence electrons. The van der Waals surface area contributed by atoms with Gasteiger partial charge in [0.25, 0.3) is 0 Å².